The summed E-state index contributed by atoms with van der Waals surface area (Å²) >= 11 is 0. The van der Waals surface area contributed by atoms with Gasteiger partial charge >= 0.3 is 5.97 Å². The Balaban J connectivity index is 1.25. The van der Waals surface area contributed by atoms with Crippen LogP contribution in [0.2, 0.25) is 0 Å². The summed E-state index contributed by atoms with van der Waals surface area (Å²) in [5.74, 6) is 1.66. The molecule has 8 atom stereocenters. The maximum absolute atomic E-state index is 12.3. The first-order valence-electron chi connectivity index (χ1n) is 14.6. The average molecular weight is 538 g/mol. The van der Waals surface area contributed by atoms with Gasteiger partial charge in [-0.15, -0.1) is 0 Å². The van der Waals surface area contributed by atoms with Crippen molar-refractivity contribution in [2.75, 3.05) is 13.2 Å². The first-order valence-corrected chi connectivity index (χ1v) is 14.6. The molecule has 0 bridgehead atoms. The van der Waals surface area contributed by atoms with Crippen LogP contribution >= 0.6 is 0 Å². The third kappa shape index (κ3) is 5.27. The van der Waals surface area contributed by atoms with E-state index in [0.717, 1.165) is 44.9 Å². The highest BCUT2D eigenvalue weighted by Gasteiger charge is 2.63. The molecular formula is C32H43NO6. The monoisotopic (exact) mass is 537 g/mol. The molecule has 212 valence electrons. The molecule has 39 heavy (non-hydrogen) atoms. The van der Waals surface area contributed by atoms with Crippen molar-refractivity contribution in [3.05, 3.63) is 47.8 Å². The zero-order valence-corrected chi connectivity index (χ0v) is 23.7. The molecule has 1 N–H and O–H groups in total. The van der Waals surface area contributed by atoms with Crippen LogP contribution in [-0.2, 0) is 28.6 Å². The number of allylic oxidation sites excluding steroid dienone is 6. The van der Waals surface area contributed by atoms with Gasteiger partial charge in [0.2, 0.25) is 12.2 Å². The lowest BCUT2D eigenvalue weighted by atomic mass is 9.46. The molecule has 4 aliphatic carbocycles. The first-order chi connectivity index (χ1) is 18.6. The molecule has 5 aliphatic rings. The zero-order chi connectivity index (χ0) is 27.8. The molecule has 3 saturated carbocycles. The van der Waals surface area contributed by atoms with Crippen LogP contribution in [0.1, 0.15) is 72.6 Å². The van der Waals surface area contributed by atoms with Crippen LogP contribution in [-0.4, -0.2) is 43.2 Å². The molecule has 3 fully saturated rings. The van der Waals surface area contributed by atoms with E-state index in [1.807, 2.05) is 18.2 Å². The maximum atomic E-state index is 12.3. The molecule has 1 heterocycles. The number of amides is 1. The van der Waals surface area contributed by atoms with Crippen LogP contribution in [0, 0.1) is 34.5 Å². The second-order valence-corrected chi connectivity index (χ2v) is 12.6. The highest BCUT2D eigenvalue weighted by molar-refractivity contribution is 6.02. The lowest BCUT2D eigenvalue weighted by Gasteiger charge is -2.58. The Bertz CT molecular complexity index is 1120. The summed E-state index contributed by atoms with van der Waals surface area (Å²) in [4.78, 5) is 36.7. The zero-order valence-electron chi connectivity index (χ0n) is 23.7. The normalized spacial score (nSPS) is 38.5. The molecule has 0 aromatic rings. The maximum Gasteiger partial charge on any atom is 0.302 e. The standard InChI is InChI=1S/C32H43NO6/c1-20-16-24(35)18-23-10-11-25-26(32(20,23)4)12-13-31(3)27(39-21(2)34)17-22(30(25)31)8-7-14-33-28(36)19-38-29-9-5-6-15-37-29/h5-6,9,15-16,18,22,25-27,29-30H,7-8,10-14,17,19H2,1-4H3,(H,33,36)/t22-,25+,26-,27-,29-,30-,31+,32-/m0/s1. The Morgan fingerprint density at radius 3 is 2.74 bits per heavy atom. The number of esters is 1. The number of hydrogen-bond acceptors (Lipinski definition) is 6. The molecule has 0 aromatic heterocycles. The largest absolute Gasteiger partial charge is 0.469 e. The predicted octanol–water partition coefficient (Wildman–Crippen LogP) is 5.18. The topological polar surface area (TPSA) is 90.9 Å². The van der Waals surface area contributed by atoms with Gasteiger partial charge < -0.3 is 19.5 Å². The Hall–Kier alpha value is -2.67. The predicted molar refractivity (Wildman–Crippen MR) is 147 cm³/mol. The van der Waals surface area contributed by atoms with Crippen molar-refractivity contribution in [2.24, 2.45) is 34.5 Å². The fourth-order valence-corrected chi connectivity index (χ4v) is 8.75. The second kappa shape index (κ2) is 11.1. The number of fused-ring (bicyclic) bond motifs is 5. The fourth-order valence-electron chi connectivity index (χ4n) is 8.75. The van der Waals surface area contributed by atoms with Gasteiger partial charge in [0.25, 0.3) is 0 Å². The van der Waals surface area contributed by atoms with E-state index >= 15 is 0 Å². The van der Waals surface area contributed by atoms with E-state index in [1.54, 1.807) is 18.4 Å². The number of nitrogens with one attached hydrogen (secondary N) is 1. The van der Waals surface area contributed by atoms with Gasteiger partial charge in [0.1, 0.15) is 12.7 Å². The molecule has 0 unspecified atom stereocenters. The van der Waals surface area contributed by atoms with Crippen LogP contribution in [0.4, 0.5) is 0 Å². The highest BCUT2D eigenvalue weighted by Crippen LogP contribution is 2.67. The van der Waals surface area contributed by atoms with Crippen LogP contribution in [0.25, 0.3) is 0 Å². The minimum absolute atomic E-state index is 0.0454. The molecular weight excluding hydrogens is 494 g/mol. The SMILES string of the molecule is CC(=O)O[C@H]1C[C@H](CCCNC(=O)CO[C@H]2C=CC=CO2)[C@H]2[C@@H]3CCC4=CC(=O)C=C(C)[C@]4(C)[C@H]3CC[C@@]21C. The molecule has 0 aromatic carbocycles. The second-order valence-electron chi connectivity index (χ2n) is 12.6. The summed E-state index contributed by atoms with van der Waals surface area (Å²) in [5.41, 5.74) is 2.39. The van der Waals surface area contributed by atoms with Crippen LogP contribution < -0.4 is 5.32 Å². The summed E-state index contributed by atoms with van der Waals surface area (Å²) in [6.07, 6.45) is 16.9. The molecule has 0 spiro atoms. The van der Waals surface area contributed by atoms with Gasteiger partial charge in [-0.05, 0) is 99.8 Å². The Labute approximate surface area is 232 Å². The summed E-state index contributed by atoms with van der Waals surface area (Å²) in [6.45, 7) is 8.89. The first kappa shape index (κ1) is 27.9. The number of ether oxygens (including phenoxy) is 3. The Morgan fingerprint density at radius 1 is 1.18 bits per heavy atom. The van der Waals surface area contributed by atoms with Gasteiger partial charge in [-0.3, -0.25) is 14.4 Å². The lowest BCUT2D eigenvalue weighted by Crippen LogP contribution is -2.52. The molecule has 0 radical (unpaired) electrons. The lowest BCUT2D eigenvalue weighted by molar-refractivity contribution is -0.156. The van der Waals surface area contributed by atoms with Crippen molar-refractivity contribution in [2.45, 2.75) is 85.0 Å². The van der Waals surface area contributed by atoms with Crippen molar-refractivity contribution in [3.63, 3.8) is 0 Å². The summed E-state index contributed by atoms with van der Waals surface area (Å²) in [5, 5.41) is 2.99. The quantitative estimate of drug-likeness (QED) is 0.339. The number of carbonyl (C=O) groups is 3. The molecule has 0 saturated heterocycles. The van der Waals surface area contributed by atoms with E-state index < -0.39 is 6.29 Å². The number of ketones is 1. The van der Waals surface area contributed by atoms with Gasteiger partial charge in [-0.1, -0.05) is 31.1 Å². The van der Waals surface area contributed by atoms with Crippen molar-refractivity contribution < 1.29 is 28.6 Å². The Morgan fingerprint density at radius 2 is 2.00 bits per heavy atom. The van der Waals surface area contributed by atoms with Crippen molar-refractivity contribution >= 4 is 17.7 Å². The Kier molecular flexibility index (Phi) is 7.91. The number of carbonyl (C=O) groups excluding carboxylic acids is 3. The van der Waals surface area contributed by atoms with Gasteiger partial charge in [0, 0.05) is 24.3 Å². The molecule has 5 rings (SSSR count). The van der Waals surface area contributed by atoms with E-state index in [-0.39, 0.29) is 41.2 Å². The average Bonchev–Trinajstić information content (AvgIpc) is 3.17. The van der Waals surface area contributed by atoms with E-state index in [4.69, 9.17) is 14.2 Å². The van der Waals surface area contributed by atoms with Crippen LogP contribution in [0.5, 0.6) is 0 Å². The van der Waals surface area contributed by atoms with Crippen LogP contribution in [0.3, 0.4) is 0 Å². The summed E-state index contributed by atoms with van der Waals surface area (Å²) in [6, 6.07) is 0. The van der Waals surface area contributed by atoms with Crippen molar-refractivity contribution in [1.29, 1.82) is 0 Å². The fraction of sp³-hybridized carbons (Fsp3) is 0.656. The van der Waals surface area contributed by atoms with Crippen molar-refractivity contribution in [3.8, 4) is 0 Å². The smallest absolute Gasteiger partial charge is 0.302 e. The van der Waals surface area contributed by atoms with Gasteiger partial charge in [-0.2, -0.15) is 0 Å². The minimum atomic E-state index is -0.525. The molecule has 1 aliphatic heterocycles. The van der Waals surface area contributed by atoms with Crippen LogP contribution in [0.15, 0.2) is 47.8 Å². The minimum Gasteiger partial charge on any atom is -0.469 e. The third-order valence-electron chi connectivity index (χ3n) is 10.6. The van der Waals surface area contributed by atoms with E-state index in [0.29, 0.717) is 30.2 Å². The van der Waals surface area contributed by atoms with Gasteiger partial charge in [-0.25, -0.2) is 0 Å². The number of hydrogen-bond donors (Lipinski definition) is 1. The van der Waals surface area contributed by atoms with Gasteiger partial charge in [0.15, 0.2) is 5.78 Å². The number of rotatable bonds is 8. The van der Waals surface area contributed by atoms with E-state index in [1.165, 1.54) is 18.1 Å². The molecule has 7 heteroatoms. The van der Waals surface area contributed by atoms with E-state index in [9.17, 15) is 14.4 Å². The molecule has 7 nitrogen and oxygen atoms in total. The highest BCUT2D eigenvalue weighted by atomic mass is 16.7. The summed E-state index contributed by atoms with van der Waals surface area (Å²) < 4.78 is 16.8. The van der Waals surface area contributed by atoms with Gasteiger partial charge in [0.05, 0.1) is 6.26 Å². The third-order valence-corrected chi connectivity index (χ3v) is 10.6. The van der Waals surface area contributed by atoms with E-state index in [2.05, 4.69) is 26.1 Å². The summed E-state index contributed by atoms with van der Waals surface area (Å²) in [7, 11) is 0. The molecule has 1 amide bonds. The van der Waals surface area contributed by atoms with Crippen molar-refractivity contribution in [1.82, 2.24) is 5.32 Å².